The average Bonchev–Trinajstić information content (AvgIpc) is 3.52. The van der Waals surface area contributed by atoms with Crippen LogP contribution < -0.4 is 19.6 Å². The third-order valence-corrected chi connectivity index (χ3v) is 6.91. The van der Waals surface area contributed by atoms with Crippen molar-refractivity contribution in [1.82, 2.24) is 20.2 Å². The zero-order valence-electron chi connectivity index (χ0n) is 20.2. The number of nitrogens with zero attached hydrogens (tertiary/aromatic N) is 4. The molecule has 0 spiro atoms. The van der Waals surface area contributed by atoms with E-state index < -0.39 is 0 Å². The maximum atomic E-state index is 12.4. The van der Waals surface area contributed by atoms with Crippen molar-refractivity contribution in [1.29, 1.82) is 0 Å². The van der Waals surface area contributed by atoms with Gasteiger partial charge in [-0.1, -0.05) is 30.0 Å². The van der Waals surface area contributed by atoms with Gasteiger partial charge in [0.15, 0.2) is 22.5 Å². The summed E-state index contributed by atoms with van der Waals surface area (Å²) >= 11 is 2.87. The van der Waals surface area contributed by atoms with Crippen LogP contribution in [0.5, 0.6) is 17.2 Å². The number of aryl methyl sites for hydroxylation is 1. The lowest BCUT2D eigenvalue weighted by Gasteiger charge is -2.15. The van der Waals surface area contributed by atoms with E-state index in [0.29, 0.717) is 33.8 Å². The number of ether oxygens (including phenoxy) is 3. The number of rotatable bonds is 10. The van der Waals surface area contributed by atoms with Gasteiger partial charge in [-0.25, -0.2) is 5.43 Å². The number of amides is 1. The predicted molar refractivity (Wildman–Crippen MR) is 142 cm³/mol. The number of para-hydroxylation sites is 1. The Kier molecular flexibility index (Phi) is 8.24. The van der Waals surface area contributed by atoms with Crippen molar-refractivity contribution in [3.63, 3.8) is 0 Å². The summed E-state index contributed by atoms with van der Waals surface area (Å²) in [4.78, 5) is 14.6. The number of carbonyl (C=O) groups is 1. The summed E-state index contributed by atoms with van der Waals surface area (Å²) in [6, 6.07) is 17.3. The summed E-state index contributed by atoms with van der Waals surface area (Å²) in [6.07, 6.45) is 1.63. The lowest BCUT2D eigenvalue weighted by molar-refractivity contribution is -0.118. The van der Waals surface area contributed by atoms with Crippen molar-refractivity contribution in [2.75, 3.05) is 27.1 Å². The summed E-state index contributed by atoms with van der Waals surface area (Å²) in [5, 5.41) is 13.4. The molecular weight excluding hydrogens is 498 g/mol. The largest absolute Gasteiger partial charge is 0.493 e. The standard InChI is InChI=1S/C25H25N5O4S2/c1-16-10-11-19(36-16)14-26-27-22(31)15-35-25-29-28-24(30(25)18-8-6-5-7-9-18)17-12-20(32-2)23(34-4)21(13-17)33-3/h5-14H,15H2,1-4H3,(H,27,31). The molecular formula is C25H25N5O4S2. The van der Waals surface area contributed by atoms with Crippen molar-refractivity contribution in [2.45, 2.75) is 12.1 Å². The van der Waals surface area contributed by atoms with Gasteiger partial charge in [0.1, 0.15) is 0 Å². The number of hydrazone groups is 1. The molecule has 2 aromatic carbocycles. The predicted octanol–water partition coefficient (Wildman–Crippen LogP) is 4.57. The van der Waals surface area contributed by atoms with Gasteiger partial charge in [0.2, 0.25) is 5.75 Å². The summed E-state index contributed by atoms with van der Waals surface area (Å²) in [5.74, 6) is 1.92. The number of hydrogen-bond donors (Lipinski definition) is 1. The monoisotopic (exact) mass is 523 g/mol. The first-order valence-corrected chi connectivity index (χ1v) is 12.7. The van der Waals surface area contributed by atoms with Crippen LogP contribution in [0.2, 0.25) is 0 Å². The molecule has 0 radical (unpaired) electrons. The Morgan fingerprint density at radius 2 is 1.78 bits per heavy atom. The molecule has 0 fully saturated rings. The van der Waals surface area contributed by atoms with E-state index in [-0.39, 0.29) is 11.7 Å². The number of aromatic nitrogens is 3. The van der Waals surface area contributed by atoms with E-state index >= 15 is 0 Å². The quantitative estimate of drug-likeness (QED) is 0.185. The number of nitrogens with one attached hydrogen (secondary N) is 1. The third-order valence-electron chi connectivity index (χ3n) is 5.05. The molecule has 0 saturated carbocycles. The van der Waals surface area contributed by atoms with Gasteiger partial charge < -0.3 is 14.2 Å². The fourth-order valence-electron chi connectivity index (χ4n) is 3.42. The second-order valence-electron chi connectivity index (χ2n) is 7.42. The molecule has 4 rings (SSSR count). The molecule has 2 aromatic heterocycles. The highest BCUT2D eigenvalue weighted by Gasteiger charge is 2.21. The van der Waals surface area contributed by atoms with Crippen LogP contribution in [0.1, 0.15) is 9.75 Å². The molecule has 2 heterocycles. The Labute approximate surface area is 217 Å². The average molecular weight is 524 g/mol. The van der Waals surface area contributed by atoms with Crippen molar-refractivity contribution in [3.05, 3.63) is 64.4 Å². The Morgan fingerprint density at radius 1 is 1.06 bits per heavy atom. The first-order valence-electron chi connectivity index (χ1n) is 10.9. The van der Waals surface area contributed by atoms with Gasteiger partial charge in [-0.05, 0) is 43.3 Å². The first-order chi connectivity index (χ1) is 17.5. The molecule has 0 saturated heterocycles. The fourth-order valence-corrected chi connectivity index (χ4v) is 4.92. The number of thiophene rings is 1. The van der Waals surface area contributed by atoms with E-state index in [2.05, 4.69) is 20.7 Å². The highest BCUT2D eigenvalue weighted by Crippen LogP contribution is 2.41. The second-order valence-corrected chi connectivity index (χ2v) is 9.68. The van der Waals surface area contributed by atoms with Gasteiger partial charge in [0.25, 0.3) is 5.91 Å². The molecule has 0 unspecified atom stereocenters. The minimum Gasteiger partial charge on any atom is -0.493 e. The van der Waals surface area contributed by atoms with E-state index in [0.717, 1.165) is 10.6 Å². The van der Waals surface area contributed by atoms with E-state index in [4.69, 9.17) is 14.2 Å². The molecule has 36 heavy (non-hydrogen) atoms. The summed E-state index contributed by atoms with van der Waals surface area (Å²) < 4.78 is 18.3. The smallest absolute Gasteiger partial charge is 0.250 e. The minimum absolute atomic E-state index is 0.112. The Morgan fingerprint density at radius 3 is 2.39 bits per heavy atom. The van der Waals surface area contributed by atoms with E-state index in [1.54, 1.807) is 38.9 Å². The highest BCUT2D eigenvalue weighted by atomic mass is 32.2. The van der Waals surface area contributed by atoms with Crippen molar-refractivity contribution < 1.29 is 19.0 Å². The molecule has 0 aliphatic heterocycles. The van der Waals surface area contributed by atoms with Crippen LogP contribution in [0, 0.1) is 6.92 Å². The summed E-state index contributed by atoms with van der Waals surface area (Å²) in [5.41, 5.74) is 4.13. The zero-order chi connectivity index (χ0) is 25.5. The maximum Gasteiger partial charge on any atom is 0.250 e. The number of carbonyl (C=O) groups excluding carboxylic acids is 1. The van der Waals surface area contributed by atoms with Gasteiger partial charge >= 0.3 is 0 Å². The van der Waals surface area contributed by atoms with Crippen molar-refractivity contribution in [2.24, 2.45) is 5.10 Å². The topological polar surface area (TPSA) is 99.9 Å². The van der Waals surface area contributed by atoms with Gasteiger partial charge in [-0.3, -0.25) is 9.36 Å². The van der Waals surface area contributed by atoms with E-state index in [1.807, 2.05) is 66.1 Å². The molecule has 186 valence electrons. The van der Waals surface area contributed by atoms with E-state index in [1.165, 1.54) is 16.6 Å². The molecule has 0 atom stereocenters. The number of hydrogen-bond acceptors (Lipinski definition) is 9. The summed E-state index contributed by atoms with van der Waals surface area (Å²) in [7, 11) is 4.67. The minimum atomic E-state index is -0.249. The molecule has 1 N–H and O–H groups in total. The lowest BCUT2D eigenvalue weighted by Crippen LogP contribution is -2.19. The molecule has 0 bridgehead atoms. The van der Waals surface area contributed by atoms with Gasteiger partial charge in [0, 0.05) is 21.0 Å². The number of methoxy groups -OCH3 is 3. The highest BCUT2D eigenvalue weighted by molar-refractivity contribution is 7.99. The van der Waals surface area contributed by atoms with Gasteiger partial charge in [-0.2, -0.15) is 5.10 Å². The summed E-state index contributed by atoms with van der Waals surface area (Å²) in [6.45, 7) is 2.02. The number of thioether (sulfide) groups is 1. The van der Waals surface area contributed by atoms with Crippen LogP contribution in [0.15, 0.2) is 64.9 Å². The van der Waals surface area contributed by atoms with Crippen LogP contribution in [0.3, 0.4) is 0 Å². The maximum absolute atomic E-state index is 12.4. The van der Waals surface area contributed by atoms with Gasteiger partial charge in [-0.15, -0.1) is 21.5 Å². The Bertz CT molecular complexity index is 1340. The number of benzene rings is 2. The molecule has 1 amide bonds. The fraction of sp³-hybridized carbons (Fsp3) is 0.200. The molecule has 9 nitrogen and oxygen atoms in total. The Balaban J connectivity index is 1.61. The van der Waals surface area contributed by atoms with Crippen LogP contribution in [0.25, 0.3) is 17.1 Å². The van der Waals surface area contributed by atoms with Crippen molar-refractivity contribution in [3.8, 4) is 34.3 Å². The van der Waals surface area contributed by atoms with Crippen molar-refractivity contribution >= 4 is 35.2 Å². The molecule has 4 aromatic rings. The first kappa shape index (κ1) is 25.3. The van der Waals surface area contributed by atoms with Crippen LogP contribution in [0.4, 0.5) is 0 Å². The molecule has 11 heteroatoms. The van der Waals surface area contributed by atoms with Crippen LogP contribution in [-0.2, 0) is 4.79 Å². The molecule has 0 aliphatic carbocycles. The SMILES string of the molecule is COc1cc(-c2nnc(SCC(=O)NN=Cc3ccc(C)s3)n2-c2ccccc2)cc(OC)c1OC. The zero-order valence-corrected chi connectivity index (χ0v) is 21.9. The third kappa shape index (κ3) is 5.69. The molecule has 0 aliphatic rings. The van der Waals surface area contributed by atoms with Crippen LogP contribution >= 0.6 is 23.1 Å². The van der Waals surface area contributed by atoms with Gasteiger partial charge in [0.05, 0.1) is 33.3 Å². The van der Waals surface area contributed by atoms with E-state index in [9.17, 15) is 4.79 Å². The van der Waals surface area contributed by atoms with Crippen LogP contribution in [-0.4, -0.2) is 54.0 Å². The Hall–Kier alpha value is -3.83. The second kappa shape index (κ2) is 11.7. The normalized spacial score (nSPS) is 11.0. The lowest BCUT2D eigenvalue weighted by atomic mass is 10.1.